The van der Waals surface area contributed by atoms with Crippen LogP contribution in [0.2, 0.25) is 0 Å². The molecule has 1 aromatic carbocycles. The highest BCUT2D eigenvalue weighted by molar-refractivity contribution is 5.92. The number of benzene rings is 1. The van der Waals surface area contributed by atoms with Crippen molar-refractivity contribution in [3.05, 3.63) is 58.3 Å². The number of aromatic nitrogens is 2. The van der Waals surface area contributed by atoms with Gasteiger partial charge in [-0.25, -0.2) is 4.79 Å². The Morgan fingerprint density at radius 3 is 2.68 bits per heavy atom. The quantitative estimate of drug-likeness (QED) is 0.780. The zero-order valence-corrected chi connectivity index (χ0v) is 14.1. The fraction of sp³-hybridized carbons (Fsp3) is 0.474. The van der Waals surface area contributed by atoms with E-state index in [1.807, 2.05) is 35.2 Å². The molecule has 1 amide bonds. The summed E-state index contributed by atoms with van der Waals surface area (Å²) in [5, 5.41) is 11.5. The van der Waals surface area contributed by atoms with Crippen LogP contribution in [-0.2, 0) is 5.60 Å². The van der Waals surface area contributed by atoms with E-state index < -0.39 is 5.60 Å². The second kappa shape index (κ2) is 6.19. The molecule has 132 valence electrons. The lowest BCUT2D eigenvalue weighted by molar-refractivity contribution is -0.110. The molecule has 1 aliphatic heterocycles. The molecule has 1 saturated carbocycles. The molecule has 2 aromatic rings. The molecule has 1 unspecified atom stereocenters. The lowest BCUT2D eigenvalue weighted by atomic mass is 9.66. The van der Waals surface area contributed by atoms with Crippen molar-refractivity contribution < 1.29 is 9.90 Å². The van der Waals surface area contributed by atoms with Gasteiger partial charge in [-0.1, -0.05) is 43.2 Å². The minimum atomic E-state index is -0.894. The first-order valence-corrected chi connectivity index (χ1v) is 8.96. The molecule has 1 saturated heterocycles. The number of aromatic amines is 2. The number of aliphatic hydroxyl groups is 1. The Morgan fingerprint density at radius 1 is 1.20 bits per heavy atom. The molecular weight excluding hydrogens is 318 g/mol. The minimum Gasteiger partial charge on any atom is -0.385 e. The lowest BCUT2D eigenvalue weighted by Gasteiger charge is -2.52. The summed E-state index contributed by atoms with van der Waals surface area (Å²) >= 11 is 0. The summed E-state index contributed by atoms with van der Waals surface area (Å²) in [6.07, 6.45) is 5.86. The van der Waals surface area contributed by atoms with Gasteiger partial charge in [-0.15, -0.1) is 0 Å². The van der Waals surface area contributed by atoms with Crippen LogP contribution < -0.4 is 5.69 Å². The van der Waals surface area contributed by atoms with E-state index in [1.54, 1.807) is 0 Å². The van der Waals surface area contributed by atoms with Crippen molar-refractivity contribution in [2.75, 3.05) is 6.54 Å². The Labute approximate surface area is 145 Å². The van der Waals surface area contributed by atoms with E-state index in [2.05, 4.69) is 9.97 Å². The highest BCUT2D eigenvalue weighted by Crippen LogP contribution is 2.47. The Hall–Kier alpha value is -2.34. The molecular formula is C19H23N3O3. The van der Waals surface area contributed by atoms with Crippen molar-refractivity contribution in [2.45, 2.75) is 43.7 Å². The molecule has 1 aromatic heterocycles. The summed E-state index contributed by atoms with van der Waals surface area (Å²) in [5.41, 5.74) is -0.0378. The van der Waals surface area contributed by atoms with Gasteiger partial charge in [0, 0.05) is 24.7 Å². The van der Waals surface area contributed by atoms with E-state index in [0.717, 1.165) is 31.2 Å². The molecule has 3 atom stereocenters. The van der Waals surface area contributed by atoms with Crippen molar-refractivity contribution in [3.63, 3.8) is 0 Å². The highest BCUT2D eigenvalue weighted by Gasteiger charge is 2.50. The number of hydrogen-bond donors (Lipinski definition) is 3. The maximum atomic E-state index is 12.9. The van der Waals surface area contributed by atoms with E-state index in [4.69, 9.17) is 0 Å². The van der Waals surface area contributed by atoms with Crippen LogP contribution in [0.5, 0.6) is 0 Å². The summed E-state index contributed by atoms with van der Waals surface area (Å²) in [7, 11) is 0. The minimum absolute atomic E-state index is 0.00129. The zero-order valence-electron chi connectivity index (χ0n) is 14.1. The molecule has 3 N–H and O–H groups in total. The Bertz CT molecular complexity index is 813. The van der Waals surface area contributed by atoms with Crippen molar-refractivity contribution in [1.29, 1.82) is 0 Å². The first-order chi connectivity index (χ1) is 12.1. The van der Waals surface area contributed by atoms with Crippen LogP contribution in [0.15, 0.2) is 41.3 Å². The second-order valence-corrected chi connectivity index (χ2v) is 7.15. The predicted molar refractivity (Wildman–Crippen MR) is 93.2 cm³/mol. The monoisotopic (exact) mass is 341 g/mol. The fourth-order valence-corrected chi connectivity index (χ4v) is 4.62. The smallest absolute Gasteiger partial charge is 0.323 e. The molecule has 0 bridgehead atoms. The number of carbonyl (C=O) groups excluding carboxylic acids is 1. The van der Waals surface area contributed by atoms with Crippen molar-refractivity contribution in [3.8, 4) is 0 Å². The van der Waals surface area contributed by atoms with E-state index in [9.17, 15) is 14.7 Å². The normalized spacial score (nSPS) is 29.2. The molecule has 2 aliphatic rings. The number of piperidine rings is 1. The SMILES string of the molecule is O=C(c1c[nH]c(=O)[nH]1)N1CCC(O)(c2ccccc2)[C@@H]2CCCC[C@H]21. The van der Waals surface area contributed by atoms with Gasteiger partial charge in [-0.2, -0.15) is 0 Å². The van der Waals surface area contributed by atoms with Crippen LogP contribution in [0.4, 0.5) is 0 Å². The number of nitrogens with zero attached hydrogens (tertiary/aromatic N) is 1. The maximum absolute atomic E-state index is 12.9. The first kappa shape index (κ1) is 16.1. The van der Waals surface area contributed by atoms with Gasteiger partial charge < -0.3 is 20.0 Å². The molecule has 2 heterocycles. The second-order valence-electron chi connectivity index (χ2n) is 7.15. The largest absolute Gasteiger partial charge is 0.385 e. The van der Waals surface area contributed by atoms with E-state index in [-0.39, 0.29) is 23.6 Å². The average Bonchev–Trinajstić information content (AvgIpc) is 3.09. The summed E-state index contributed by atoms with van der Waals surface area (Å²) < 4.78 is 0. The van der Waals surface area contributed by atoms with Gasteiger partial charge in [0.2, 0.25) is 0 Å². The van der Waals surface area contributed by atoms with E-state index in [1.165, 1.54) is 6.20 Å². The van der Waals surface area contributed by atoms with Gasteiger partial charge >= 0.3 is 5.69 Å². The van der Waals surface area contributed by atoms with Crippen LogP contribution in [0.3, 0.4) is 0 Å². The molecule has 0 spiro atoms. The van der Waals surface area contributed by atoms with Gasteiger partial charge in [-0.05, 0) is 24.8 Å². The average molecular weight is 341 g/mol. The standard InChI is InChI=1S/C19H23N3O3/c23-17(15-12-20-18(24)21-15)22-11-10-19(25,13-6-2-1-3-7-13)14-8-4-5-9-16(14)22/h1-3,6-7,12,14,16,25H,4-5,8-11H2,(H2,20,21,24)/t14-,16-,19?/m1/s1. The topological polar surface area (TPSA) is 89.2 Å². The van der Waals surface area contributed by atoms with Crippen molar-refractivity contribution in [1.82, 2.24) is 14.9 Å². The molecule has 1 aliphatic carbocycles. The van der Waals surface area contributed by atoms with E-state index >= 15 is 0 Å². The summed E-state index contributed by atoms with van der Waals surface area (Å²) in [6.45, 7) is 0.485. The van der Waals surface area contributed by atoms with Gasteiger partial charge in [0.05, 0.1) is 5.60 Å². The van der Waals surface area contributed by atoms with Crippen LogP contribution in [0.1, 0.15) is 48.2 Å². The summed E-state index contributed by atoms with van der Waals surface area (Å²) in [5.74, 6) is -0.141. The Morgan fingerprint density at radius 2 is 1.96 bits per heavy atom. The number of likely N-dealkylation sites (tertiary alicyclic amines) is 1. The van der Waals surface area contributed by atoms with Crippen LogP contribution in [0.25, 0.3) is 0 Å². The zero-order chi connectivity index (χ0) is 17.4. The summed E-state index contributed by atoms with van der Waals surface area (Å²) in [4.78, 5) is 31.1. The molecule has 0 radical (unpaired) electrons. The number of H-pyrrole nitrogens is 2. The fourth-order valence-electron chi connectivity index (χ4n) is 4.62. The van der Waals surface area contributed by atoms with Gasteiger partial charge in [0.15, 0.2) is 0 Å². The number of fused-ring (bicyclic) bond motifs is 1. The highest BCUT2D eigenvalue weighted by atomic mass is 16.3. The number of amides is 1. The predicted octanol–water partition coefficient (Wildman–Crippen LogP) is 2.00. The molecule has 6 nitrogen and oxygen atoms in total. The molecule has 2 fully saturated rings. The van der Waals surface area contributed by atoms with Crippen molar-refractivity contribution >= 4 is 5.91 Å². The van der Waals surface area contributed by atoms with Gasteiger partial charge in [0.1, 0.15) is 5.69 Å². The number of hydrogen-bond acceptors (Lipinski definition) is 3. The number of rotatable bonds is 2. The van der Waals surface area contributed by atoms with Crippen LogP contribution >= 0.6 is 0 Å². The summed E-state index contributed by atoms with van der Waals surface area (Å²) in [6, 6.07) is 9.81. The first-order valence-electron chi connectivity index (χ1n) is 8.96. The number of carbonyl (C=O) groups is 1. The Balaban J connectivity index is 1.66. The van der Waals surface area contributed by atoms with Crippen LogP contribution in [-0.4, -0.2) is 38.5 Å². The van der Waals surface area contributed by atoms with Crippen molar-refractivity contribution in [2.24, 2.45) is 5.92 Å². The third-order valence-electron chi connectivity index (χ3n) is 5.84. The maximum Gasteiger partial charge on any atom is 0.323 e. The Kier molecular flexibility index (Phi) is 4.00. The van der Waals surface area contributed by atoms with E-state index in [0.29, 0.717) is 18.7 Å². The lowest BCUT2D eigenvalue weighted by Crippen LogP contribution is -2.59. The number of imidazole rings is 1. The molecule has 25 heavy (non-hydrogen) atoms. The molecule has 4 rings (SSSR count). The third kappa shape index (κ3) is 2.70. The molecule has 6 heteroatoms. The van der Waals surface area contributed by atoms with Gasteiger partial charge in [0.25, 0.3) is 5.91 Å². The van der Waals surface area contributed by atoms with Crippen LogP contribution in [0, 0.1) is 5.92 Å². The van der Waals surface area contributed by atoms with Gasteiger partial charge in [-0.3, -0.25) is 4.79 Å². The number of nitrogens with one attached hydrogen (secondary N) is 2. The third-order valence-corrected chi connectivity index (χ3v) is 5.84.